The van der Waals surface area contributed by atoms with Crippen LogP contribution in [0.1, 0.15) is 33.6 Å². The van der Waals surface area contributed by atoms with Crippen molar-refractivity contribution in [1.82, 2.24) is 10.2 Å². The molecule has 0 aliphatic carbocycles. The summed E-state index contributed by atoms with van der Waals surface area (Å²) in [6.45, 7) is 8.16. The van der Waals surface area contributed by atoms with E-state index in [-0.39, 0.29) is 11.4 Å². The highest BCUT2D eigenvalue weighted by molar-refractivity contribution is 5.86. The van der Waals surface area contributed by atoms with E-state index >= 15 is 0 Å². The zero-order chi connectivity index (χ0) is 10.8. The first-order valence-corrected chi connectivity index (χ1v) is 5.46. The molecule has 0 bridgehead atoms. The van der Waals surface area contributed by atoms with Crippen molar-refractivity contribution < 1.29 is 4.79 Å². The van der Waals surface area contributed by atoms with Crippen molar-refractivity contribution in [1.29, 1.82) is 0 Å². The molecule has 1 aliphatic rings. The lowest BCUT2D eigenvalue weighted by Gasteiger charge is -2.32. The topological polar surface area (TPSA) is 32.3 Å². The number of rotatable bonds is 2. The fourth-order valence-electron chi connectivity index (χ4n) is 2.25. The van der Waals surface area contributed by atoms with Crippen LogP contribution < -0.4 is 5.32 Å². The van der Waals surface area contributed by atoms with Gasteiger partial charge in [-0.15, -0.1) is 0 Å². The molecule has 1 aliphatic heterocycles. The first-order valence-electron chi connectivity index (χ1n) is 5.46. The lowest BCUT2D eigenvalue weighted by molar-refractivity contribution is -0.136. The maximum Gasteiger partial charge on any atom is 0.242 e. The van der Waals surface area contributed by atoms with Gasteiger partial charge in [0.25, 0.3) is 0 Å². The molecule has 1 heterocycles. The summed E-state index contributed by atoms with van der Waals surface area (Å²) in [5, 5.41) is 3.38. The number of nitrogens with one attached hydrogen (secondary N) is 1. The quantitative estimate of drug-likeness (QED) is 0.724. The highest BCUT2D eigenvalue weighted by Crippen LogP contribution is 2.20. The summed E-state index contributed by atoms with van der Waals surface area (Å²) in [5.74, 6) is 0.784. The fraction of sp³-hybridized carbons (Fsp3) is 0.909. The molecule has 1 saturated heterocycles. The first kappa shape index (κ1) is 11.5. The number of carbonyl (C=O) groups excluding carboxylic acids is 1. The predicted octanol–water partition coefficient (Wildman–Crippen LogP) is 1.24. The number of hydrogen-bond acceptors (Lipinski definition) is 2. The average molecular weight is 198 g/mol. The van der Waals surface area contributed by atoms with Gasteiger partial charge in [-0.25, -0.2) is 0 Å². The van der Waals surface area contributed by atoms with Gasteiger partial charge in [0.2, 0.25) is 5.91 Å². The Labute approximate surface area is 86.9 Å². The Bertz CT molecular complexity index is 215. The SMILES string of the molecule is CC(C)CC1(C)NCCCN(C)C1=O. The lowest BCUT2D eigenvalue weighted by atomic mass is 9.89. The number of likely N-dealkylation sites (N-methyl/N-ethyl adjacent to an activating group) is 1. The molecule has 82 valence electrons. The van der Waals surface area contributed by atoms with E-state index in [4.69, 9.17) is 0 Å². The zero-order valence-corrected chi connectivity index (χ0v) is 9.76. The van der Waals surface area contributed by atoms with Crippen molar-refractivity contribution in [3.8, 4) is 0 Å². The molecular weight excluding hydrogens is 176 g/mol. The van der Waals surface area contributed by atoms with Crippen LogP contribution in [0, 0.1) is 5.92 Å². The number of nitrogens with zero attached hydrogens (tertiary/aromatic N) is 1. The molecule has 0 radical (unpaired) electrons. The van der Waals surface area contributed by atoms with Crippen LogP contribution in [0.15, 0.2) is 0 Å². The molecule has 0 aromatic heterocycles. The first-order chi connectivity index (χ1) is 6.46. The summed E-state index contributed by atoms with van der Waals surface area (Å²) in [7, 11) is 1.90. The maximum absolute atomic E-state index is 12.1. The number of carbonyl (C=O) groups is 1. The summed E-state index contributed by atoms with van der Waals surface area (Å²) in [6.07, 6.45) is 1.96. The minimum Gasteiger partial charge on any atom is -0.344 e. The van der Waals surface area contributed by atoms with E-state index in [1.807, 2.05) is 18.9 Å². The van der Waals surface area contributed by atoms with Gasteiger partial charge in [0, 0.05) is 13.6 Å². The van der Waals surface area contributed by atoms with E-state index in [0.29, 0.717) is 5.92 Å². The largest absolute Gasteiger partial charge is 0.344 e. The molecule has 1 amide bonds. The normalized spacial score (nSPS) is 29.5. The van der Waals surface area contributed by atoms with Crippen LogP contribution in [0.3, 0.4) is 0 Å². The highest BCUT2D eigenvalue weighted by atomic mass is 16.2. The highest BCUT2D eigenvalue weighted by Gasteiger charge is 2.36. The van der Waals surface area contributed by atoms with Crippen LogP contribution in [-0.2, 0) is 4.79 Å². The molecule has 0 aromatic rings. The van der Waals surface area contributed by atoms with Crippen molar-refractivity contribution >= 4 is 5.91 Å². The summed E-state index contributed by atoms with van der Waals surface area (Å²) >= 11 is 0. The van der Waals surface area contributed by atoms with Crippen LogP contribution >= 0.6 is 0 Å². The van der Waals surface area contributed by atoms with E-state index in [9.17, 15) is 4.79 Å². The van der Waals surface area contributed by atoms with Crippen LogP contribution in [0.5, 0.6) is 0 Å². The standard InChI is InChI=1S/C11H22N2O/c1-9(2)8-11(3)10(14)13(4)7-5-6-12-11/h9,12H,5-8H2,1-4H3. The smallest absolute Gasteiger partial charge is 0.242 e. The second kappa shape index (κ2) is 4.30. The van der Waals surface area contributed by atoms with Crippen LogP contribution in [0.25, 0.3) is 0 Å². The number of amides is 1. The van der Waals surface area contributed by atoms with Gasteiger partial charge >= 0.3 is 0 Å². The Balaban J connectivity index is 2.76. The number of hydrogen-bond donors (Lipinski definition) is 1. The van der Waals surface area contributed by atoms with Gasteiger partial charge in [-0.2, -0.15) is 0 Å². The van der Waals surface area contributed by atoms with E-state index in [0.717, 1.165) is 25.9 Å². The third-order valence-corrected chi connectivity index (χ3v) is 2.82. The van der Waals surface area contributed by atoms with Gasteiger partial charge in [0.05, 0.1) is 5.54 Å². The molecule has 0 saturated carbocycles. The maximum atomic E-state index is 12.1. The Hall–Kier alpha value is -0.570. The summed E-state index contributed by atoms with van der Waals surface area (Å²) < 4.78 is 0. The van der Waals surface area contributed by atoms with E-state index < -0.39 is 0 Å². The van der Waals surface area contributed by atoms with E-state index in [1.54, 1.807) is 0 Å². The van der Waals surface area contributed by atoms with Crippen molar-refractivity contribution in [2.45, 2.75) is 39.2 Å². The molecular formula is C11H22N2O. The van der Waals surface area contributed by atoms with Crippen LogP contribution in [-0.4, -0.2) is 36.5 Å². The minimum absolute atomic E-state index is 0.240. The van der Waals surface area contributed by atoms with E-state index in [2.05, 4.69) is 19.2 Å². The molecule has 3 heteroatoms. The molecule has 14 heavy (non-hydrogen) atoms. The van der Waals surface area contributed by atoms with Gasteiger partial charge < -0.3 is 10.2 Å². The van der Waals surface area contributed by atoms with Crippen molar-refractivity contribution in [2.75, 3.05) is 20.1 Å². The van der Waals surface area contributed by atoms with Crippen molar-refractivity contribution in [2.24, 2.45) is 5.92 Å². The fourth-order valence-corrected chi connectivity index (χ4v) is 2.25. The Morgan fingerprint density at radius 1 is 1.57 bits per heavy atom. The molecule has 0 aromatic carbocycles. The molecule has 1 atom stereocenters. The van der Waals surface area contributed by atoms with Crippen LogP contribution in [0.4, 0.5) is 0 Å². The lowest BCUT2D eigenvalue weighted by Crippen LogP contribution is -2.53. The van der Waals surface area contributed by atoms with Crippen molar-refractivity contribution in [3.63, 3.8) is 0 Å². The third kappa shape index (κ3) is 2.47. The second-order valence-electron chi connectivity index (χ2n) is 4.94. The summed E-state index contributed by atoms with van der Waals surface area (Å²) in [5.41, 5.74) is -0.348. The molecule has 3 nitrogen and oxygen atoms in total. The average Bonchev–Trinajstić information content (AvgIpc) is 2.18. The second-order valence-corrected chi connectivity index (χ2v) is 4.94. The van der Waals surface area contributed by atoms with Crippen LogP contribution in [0.2, 0.25) is 0 Å². The zero-order valence-electron chi connectivity index (χ0n) is 9.76. The Kier molecular flexibility index (Phi) is 3.53. The molecule has 1 fully saturated rings. The van der Waals surface area contributed by atoms with Gasteiger partial charge in [0.1, 0.15) is 0 Å². The summed E-state index contributed by atoms with van der Waals surface area (Å²) in [6, 6.07) is 0. The molecule has 1 rings (SSSR count). The Morgan fingerprint density at radius 2 is 2.21 bits per heavy atom. The summed E-state index contributed by atoms with van der Waals surface area (Å²) in [4.78, 5) is 13.9. The van der Waals surface area contributed by atoms with Gasteiger partial charge in [-0.3, -0.25) is 4.79 Å². The third-order valence-electron chi connectivity index (χ3n) is 2.82. The van der Waals surface area contributed by atoms with Gasteiger partial charge in [-0.05, 0) is 32.2 Å². The molecule has 0 spiro atoms. The van der Waals surface area contributed by atoms with Gasteiger partial charge in [-0.1, -0.05) is 13.8 Å². The van der Waals surface area contributed by atoms with Gasteiger partial charge in [0.15, 0.2) is 0 Å². The minimum atomic E-state index is -0.348. The molecule has 1 N–H and O–H groups in total. The van der Waals surface area contributed by atoms with E-state index in [1.165, 1.54) is 0 Å². The molecule has 1 unspecified atom stereocenters. The monoisotopic (exact) mass is 198 g/mol. The van der Waals surface area contributed by atoms with Crippen molar-refractivity contribution in [3.05, 3.63) is 0 Å². The predicted molar refractivity (Wildman–Crippen MR) is 58.1 cm³/mol. The Morgan fingerprint density at radius 3 is 2.79 bits per heavy atom.